The second kappa shape index (κ2) is 12.7. The summed E-state index contributed by atoms with van der Waals surface area (Å²) in [5, 5.41) is 3.35. The Bertz CT molecular complexity index is 991. The van der Waals surface area contributed by atoms with Crippen LogP contribution in [-0.4, -0.2) is 32.3 Å². The molecule has 0 aromatic heterocycles. The van der Waals surface area contributed by atoms with Crippen molar-refractivity contribution in [1.82, 2.24) is 5.32 Å². The molecule has 0 aliphatic carbocycles. The van der Waals surface area contributed by atoms with E-state index >= 15 is 0 Å². The van der Waals surface area contributed by atoms with E-state index < -0.39 is 0 Å². The van der Waals surface area contributed by atoms with Crippen LogP contribution in [0.5, 0.6) is 17.2 Å². The van der Waals surface area contributed by atoms with Crippen molar-refractivity contribution in [2.45, 2.75) is 38.6 Å². The van der Waals surface area contributed by atoms with Gasteiger partial charge in [-0.05, 0) is 68.0 Å². The molecule has 33 heavy (non-hydrogen) atoms. The molecule has 5 nitrogen and oxygen atoms in total. The normalized spacial score (nSPS) is 12.6. The molecule has 0 bridgehead atoms. The standard InChI is InChI=1S/C28H33NO4/c1-4-32-28(30)20-29-21(2)25(17-15-22-11-7-5-8-12-22)23-16-18-26(27(19-23)31-3)33-24-13-9-6-10-14-24/h5-14,16,18-19,21,25,29H,4,15,17,20H2,1-3H3. The third-order valence-corrected chi connectivity index (χ3v) is 5.65. The van der Waals surface area contributed by atoms with Crippen molar-refractivity contribution >= 4 is 5.97 Å². The predicted molar refractivity (Wildman–Crippen MR) is 131 cm³/mol. The first-order valence-corrected chi connectivity index (χ1v) is 11.4. The Balaban J connectivity index is 1.80. The van der Waals surface area contributed by atoms with Gasteiger partial charge in [0.25, 0.3) is 0 Å². The van der Waals surface area contributed by atoms with Gasteiger partial charge in [-0.2, -0.15) is 0 Å². The number of para-hydroxylation sites is 1. The van der Waals surface area contributed by atoms with Crippen molar-refractivity contribution in [3.63, 3.8) is 0 Å². The number of carbonyl (C=O) groups is 1. The molecule has 2 atom stereocenters. The average Bonchev–Trinajstić information content (AvgIpc) is 2.85. The summed E-state index contributed by atoms with van der Waals surface area (Å²) in [6.45, 7) is 4.49. The van der Waals surface area contributed by atoms with Crippen LogP contribution in [0.4, 0.5) is 0 Å². The molecule has 5 heteroatoms. The molecular weight excluding hydrogens is 414 g/mol. The summed E-state index contributed by atoms with van der Waals surface area (Å²) in [6, 6.07) is 26.2. The predicted octanol–water partition coefficient (Wildman–Crippen LogP) is 5.75. The minimum atomic E-state index is -0.240. The van der Waals surface area contributed by atoms with Gasteiger partial charge < -0.3 is 19.5 Å². The smallest absolute Gasteiger partial charge is 0.319 e. The first-order chi connectivity index (χ1) is 16.1. The van der Waals surface area contributed by atoms with Crippen LogP contribution in [0.2, 0.25) is 0 Å². The van der Waals surface area contributed by atoms with Crippen LogP contribution in [0, 0.1) is 0 Å². The quantitative estimate of drug-likeness (QED) is 0.359. The maximum absolute atomic E-state index is 11.9. The van der Waals surface area contributed by atoms with E-state index in [1.54, 1.807) is 7.11 Å². The Morgan fingerprint density at radius 1 is 0.939 bits per heavy atom. The van der Waals surface area contributed by atoms with Gasteiger partial charge in [-0.15, -0.1) is 0 Å². The molecule has 1 N–H and O–H groups in total. The molecule has 174 valence electrons. The molecule has 0 amide bonds. The summed E-state index contributed by atoms with van der Waals surface area (Å²) in [4.78, 5) is 11.9. The number of esters is 1. The second-order valence-electron chi connectivity index (χ2n) is 7.93. The number of aryl methyl sites for hydroxylation is 1. The van der Waals surface area contributed by atoms with Gasteiger partial charge in [0, 0.05) is 6.04 Å². The largest absolute Gasteiger partial charge is 0.493 e. The first-order valence-electron chi connectivity index (χ1n) is 11.4. The zero-order chi connectivity index (χ0) is 23.5. The topological polar surface area (TPSA) is 56.8 Å². The van der Waals surface area contributed by atoms with Crippen LogP contribution in [-0.2, 0) is 16.0 Å². The molecular formula is C28H33NO4. The highest BCUT2D eigenvalue weighted by atomic mass is 16.5. The fourth-order valence-electron chi connectivity index (χ4n) is 3.89. The lowest BCUT2D eigenvalue weighted by molar-refractivity contribution is -0.142. The number of hydrogen-bond acceptors (Lipinski definition) is 5. The molecule has 0 fully saturated rings. The van der Waals surface area contributed by atoms with Crippen LogP contribution in [0.25, 0.3) is 0 Å². The zero-order valence-corrected chi connectivity index (χ0v) is 19.6. The van der Waals surface area contributed by atoms with Crippen molar-refractivity contribution in [3.05, 3.63) is 90.0 Å². The molecule has 0 spiro atoms. The van der Waals surface area contributed by atoms with E-state index in [0.29, 0.717) is 18.1 Å². The number of benzene rings is 3. The SMILES string of the molecule is CCOC(=O)CNC(C)C(CCc1ccccc1)c1ccc(Oc2ccccc2)c(OC)c1. The number of ether oxygens (including phenoxy) is 3. The third-order valence-electron chi connectivity index (χ3n) is 5.65. The highest BCUT2D eigenvalue weighted by Gasteiger charge is 2.22. The number of carbonyl (C=O) groups excluding carboxylic acids is 1. The van der Waals surface area contributed by atoms with Crippen molar-refractivity contribution < 1.29 is 19.0 Å². The van der Waals surface area contributed by atoms with Crippen molar-refractivity contribution in [1.29, 1.82) is 0 Å². The molecule has 2 unspecified atom stereocenters. The van der Waals surface area contributed by atoms with E-state index in [2.05, 4.69) is 42.6 Å². The van der Waals surface area contributed by atoms with Crippen molar-refractivity contribution in [3.8, 4) is 17.2 Å². The Hall–Kier alpha value is -3.31. The highest BCUT2D eigenvalue weighted by molar-refractivity contribution is 5.71. The van der Waals surface area contributed by atoms with Crippen LogP contribution in [0.3, 0.4) is 0 Å². The Morgan fingerprint density at radius 2 is 1.64 bits per heavy atom. The fraction of sp³-hybridized carbons (Fsp3) is 0.321. The Kier molecular flexibility index (Phi) is 9.33. The lowest BCUT2D eigenvalue weighted by Gasteiger charge is -2.26. The van der Waals surface area contributed by atoms with Crippen molar-refractivity contribution in [2.24, 2.45) is 0 Å². The molecule has 0 aliphatic heterocycles. The van der Waals surface area contributed by atoms with E-state index in [9.17, 15) is 4.79 Å². The van der Waals surface area contributed by atoms with E-state index in [1.165, 1.54) is 5.56 Å². The van der Waals surface area contributed by atoms with Crippen LogP contribution in [0.1, 0.15) is 37.3 Å². The summed E-state index contributed by atoms with van der Waals surface area (Å²) >= 11 is 0. The first kappa shape index (κ1) is 24.3. The van der Waals surface area contributed by atoms with Gasteiger partial charge in [0.2, 0.25) is 0 Å². The molecule has 0 saturated carbocycles. The van der Waals surface area contributed by atoms with Crippen LogP contribution >= 0.6 is 0 Å². The van der Waals surface area contributed by atoms with E-state index in [0.717, 1.165) is 24.2 Å². The monoisotopic (exact) mass is 447 g/mol. The molecule has 0 saturated heterocycles. The highest BCUT2D eigenvalue weighted by Crippen LogP contribution is 2.36. The van der Waals surface area contributed by atoms with Gasteiger partial charge >= 0.3 is 5.97 Å². The van der Waals surface area contributed by atoms with Gasteiger partial charge in [-0.3, -0.25) is 4.79 Å². The number of rotatable bonds is 12. The van der Waals surface area contributed by atoms with Gasteiger partial charge in [0.15, 0.2) is 11.5 Å². The van der Waals surface area contributed by atoms with Crippen molar-refractivity contribution in [2.75, 3.05) is 20.3 Å². The average molecular weight is 448 g/mol. The Morgan fingerprint density at radius 3 is 2.30 bits per heavy atom. The molecule has 0 radical (unpaired) electrons. The number of methoxy groups -OCH3 is 1. The van der Waals surface area contributed by atoms with E-state index in [1.807, 2.05) is 55.5 Å². The number of nitrogens with one attached hydrogen (secondary N) is 1. The number of hydrogen-bond donors (Lipinski definition) is 1. The Labute approximate surface area is 196 Å². The minimum Gasteiger partial charge on any atom is -0.493 e. The minimum absolute atomic E-state index is 0.0590. The van der Waals surface area contributed by atoms with E-state index in [-0.39, 0.29) is 24.5 Å². The molecule has 3 aromatic rings. The van der Waals surface area contributed by atoms with Crippen LogP contribution < -0.4 is 14.8 Å². The summed E-state index contributed by atoms with van der Waals surface area (Å²) in [5.74, 6) is 2.03. The molecule has 3 rings (SSSR count). The van der Waals surface area contributed by atoms with Gasteiger partial charge in [0.05, 0.1) is 20.3 Å². The molecule has 3 aromatic carbocycles. The van der Waals surface area contributed by atoms with Crippen LogP contribution in [0.15, 0.2) is 78.9 Å². The molecule has 0 aliphatic rings. The summed E-state index contributed by atoms with van der Waals surface area (Å²) < 4.78 is 16.8. The van der Waals surface area contributed by atoms with E-state index in [4.69, 9.17) is 14.2 Å². The lowest BCUT2D eigenvalue weighted by atomic mass is 9.86. The maximum Gasteiger partial charge on any atom is 0.319 e. The van der Waals surface area contributed by atoms with Gasteiger partial charge in [0.1, 0.15) is 5.75 Å². The van der Waals surface area contributed by atoms with Gasteiger partial charge in [-0.1, -0.05) is 54.6 Å². The third kappa shape index (κ3) is 7.36. The summed E-state index contributed by atoms with van der Waals surface area (Å²) in [6.07, 6.45) is 1.85. The van der Waals surface area contributed by atoms with Gasteiger partial charge in [-0.25, -0.2) is 0 Å². The zero-order valence-electron chi connectivity index (χ0n) is 19.6. The fourth-order valence-corrected chi connectivity index (χ4v) is 3.89. The molecule has 0 heterocycles. The lowest BCUT2D eigenvalue weighted by Crippen LogP contribution is -2.37. The maximum atomic E-state index is 11.9. The summed E-state index contributed by atoms with van der Waals surface area (Å²) in [5.41, 5.74) is 2.42. The second-order valence-corrected chi connectivity index (χ2v) is 7.93. The summed E-state index contributed by atoms with van der Waals surface area (Å²) in [7, 11) is 1.65.